The fourth-order valence-electron chi connectivity index (χ4n) is 3.65. The van der Waals surface area contributed by atoms with E-state index in [1.165, 1.54) is 0 Å². The average molecular weight is 304 g/mol. The van der Waals surface area contributed by atoms with E-state index in [0.29, 0.717) is 19.4 Å². The summed E-state index contributed by atoms with van der Waals surface area (Å²) in [6.45, 7) is 4.14. The summed E-state index contributed by atoms with van der Waals surface area (Å²) < 4.78 is 23.8. The van der Waals surface area contributed by atoms with E-state index in [4.69, 9.17) is 18.9 Å². The lowest BCUT2D eigenvalue weighted by molar-refractivity contribution is -0.231. The number of fused-ring (bicyclic) bond motifs is 3. The van der Waals surface area contributed by atoms with Crippen LogP contribution in [0.15, 0.2) is 30.3 Å². The molecule has 4 rings (SSSR count). The van der Waals surface area contributed by atoms with Gasteiger partial charge in [-0.3, -0.25) is 4.79 Å². The van der Waals surface area contributed by atoms with Crippen molar-refractivity contribution in [3.8, 4) is 0 Å². The zero-order valence-electron chi connectivity index (χ0n) is 12.8. The Labute approximate surface area is 129 Å². The van der Waals surface area contributed by atoms with Gasteiger partial charge in [0.25, 0.3) is 0 Å². The summed E-state index contributed by atoms with van der Waals surface area (Å²) in [6, 6.07) is 9.92. The van der Waals surface area contributed by atoms with Crippen molar-refractivity contribution in [2.75, 3.05) is 0 Å². The van der Waals surface area contributed by atoms with Crippen molar-refractivity contribution in [1.29, 1.82) is 0 Å². The molecule has 2 heterocycles. The molecule has 5 nitrogen and oxygen atoms in total. The average Bonchev–Trinajstić information content (AvgIpc) is 3.06. The van der Waals surface area contributed by atoms with E-state index in [1.807, 2.05) is 44.2 Å². The summed E-state index contributed by atoms with van der Waals surface area (Å²) >= 11 is 0. The molecule has 2 saturated heterocycles. The van der Waals surface area contributed by atoms with Gasteiger partial charge < -0.3 is 18.9 Å². The van der Waals surface area contributed by atoms with Gasteiger partial charge >= 0.3 is 0 Å². The topological polar surface area (TPSA) is 54.0 Å². The number of benzene rings is 1. The number of carbonyl (C=O) groups excluding carboxylic acids is 1. The molecule has 22 heavy (non-hydrogen) atoms. The minimum absolute atomic E-state index is 0.0764. The maximum atomic E-state index is 12.1. The third-order valence-electron chi connectivity index (χ3n) is 4.66. The summed E-state index contributed by atoms with van der Waals surface area (Å²) in [5.41, 5.74) is 0.336. The highest BCUT2D eigenvalue weighted by Crippen LogP contribution is 2.51. The standard InChI is InChI=1S/C17H20O5/c1-16(2)21-14-15(22-16)20-13-12(18)8-9-17(13,14)19-10-11-6-4-3-5-7-11/h3-7,13-15H,8-10H2,1-2H3/t13-,14+,15-,17-/m1/s1. The maximum absolute atomic E-state index is 12.1. The molecule has 0 bridgehead atoms. The van der Waals surface area contributed by atoms with Gasteiger partial charge in [0.1, 0.15) is 11.7 Å². The lowest BCUT2D eigenvalue weighted by Gasteiger charge is -2.33. The monoisotopic (exact) mass is 304 g/mol. The zero-order chi connectivity index (χ0) is 15.4. The van der Waals surface area contributed by atoms with Crippen LogP contribution in [0.3, 0.4) is 0 Å². The van der Waals surface area contributed by atoms with Crippen molar-refractivity contribution in [2.24, 2.45) is 0 Å². The Morgan fingerprint density at radius 2 is 2.00 bits per heavy atom. The molecule has 0 aromatic heterocycles. The molecule has 1 aromatic rings. The minimum atomic E-state index is -0.731. The first-order valence-electron chi connectivity index (χ1n) is 7.72. The Kier molecular flexibility index (Phi) is 3.17. The number of rotatable bonds is 3. The van der Waals surface area contributed by atoms with Crippen LogP contribution in [0.1, 0.15) is 32.3 Å². The van der Waals surface area contributed by atoms with Crippen molar-refractivity contribution < 1.29 is 23.7 Å². The molecule has 0 N–H and O–H groups in total. The van der Waals surface area contributed by atoms with E-state index in [1.54, 1.807) is 0 Å². The quantitative estimate of drug-likeness (QED) is 0.856. The highest BCUT2D eigenvalue weighted by molar-refractivity contribution is 5.87. The molecule has 2 aliphatic heterocycles. The predicted molar refractivity (Wildman–Crippen MR) is 76.9 cm³/mol. The van der Waals surface area contributed by atoms with E-state index < -0.39 is 23.8 Å². The molecular weight excluding hydrogens is 284 g/mol. The Balaban J connectivity index is 1.59. The van der Waals surface area contributed by atoms with E-state index in [-0.39, 0.29) is 11.9 Å². The van der Waals surface area contributed by atoms with Gasteiger partial charge in [0.2, 0.25) is 0 Å². The first kappa shape index (κ1) is 14.3. The Morgan fingerprint density at radius 3 is 2.77 bits per heavy atom. The second-order valence-corrected chi connectivity index (χ2v) is 6.64. The molecule has 4 atom stereocenters. The number of Topliss-reactive ketones (excluding diaryl/α,β-unsaturated/α-hetero) is 1. The van der Waals surface area contributed by atoms with E-state index in [9.17, 15) is 4.79 Å². The predicted octanol–water partition coefficient (Wildman–Crippen LogP) is 2.18. The summed E-state index contributed by atoms with van der Waals surface area (Å²) in [5, 5.41) is 0. The molecule has 0 radical (unpaired) electrons. The highest BCUT2D eigenvalue weighted by atomic mass is 16.8. The number of hydrogen-bond donors (Lipinski definition) is 0. The summed E-state index contributed by atoms with van der Waals surface area (Å²) in [4.78, 5) is 12.1. The lowest BCUT2D eigenvalue weighted by atomic mass is 9.94. The number of ketones is 1. The van der Waals surface area contributed by atoms with Crippen LogP contribution in [0.5, 0.6) is 0 Å². The van der Waals surface area contributed by atoms with Crippen molar-refractivity contribution in [1.82, 2.24) is 0 Å². The molecule has 0 spiro atoms. The van der Waals surface area contributed by atoms with Crippen LogP contribution >= 0.6 is 0 Å². The van der Waals surface area contributed by atoms with E-state index >= 15 is 0 Å². The molecule has 0 unspecified atom stereocenters. The second-order valence-electron chi connectivity index (χ2n) is 6.64. The molecular formula is C17H20O5. The van der Waals surface area contributed by atoms with Crippen LogP contribution in [-0.4, -0.2) is 35.7 Å². The molecule has 3 aliphatic rings. The zero-order valence-corrected chi connectivity index (χ0v) is 12.8. The lowest BCUT2D eigenvalue weighted by Crippen LogP contribution is -2.49. The van der Waals surface area contributed by atoms with Crippen LogP contribution in [0.2, 0.25) is 0 Å². The highest BCUT2D eigenvalue weighted by Gasteiger charge is 2.68. The second kappa shape index (κ2) is 4.86. The third kappa shape index (κ3) is 2.12. The molecule has 118 valence electrons. The maximum Gasteiger partial charge on any atom is 0.191 e. The van der Waals surface area contributed by atoms with Crippen molar-refractivity contribution >= 4 is 5.78 Å². The molecule has 3 fully saturated rings. The normalized spacial score (nSPS) is 39.0. The van der Waals surface area contributed by atoms with E-state index in [0.717, 1.165) is 5.56 Å². The van der Waals surface area contributed by atoms with Gasteiger partial charge in [0.15, 0.2) is 24.0 Å². The fourth-order valence-corrected chi connectivity index (χ4v) is 3.65. The van der Waals surface area contributed by atoms with Crippen molar-refractivity contribution in [3.63, 3.8) is 0 Å². The van der Waals surface area contributed by atoms with Crippen molar-refractivity contribution in [3.05, 3.63) is 35.9 Å². The molecule has 1 aromatic carbocycles. The van der Waals surface area contributed by atoms with Gasteiger partial charge in [-0.15, -0.1) is 0 Å². The van der Waals surface area contributed by atoms with Gasteiger partial charge in [0, 0.05) is 6.42 Å². The van der Waals surface area contributed by atoms with Gasteiger partial charge in [-0.2, -0.15) is 0 Å². The first-order chi connectivity index (χ1) is 10.5. The van der Waals surface area contributed by atoms with Crippen LogP contribution in [-0.2, 0) is 30.3 Å². The smallest absolute Gasteiger partial charge is 0.191 e. The summed E-state index contributed by atoms with van der Waals surface area (Å²) in [6.07, 6.45) is -0.388. The van der Waals surface area contributed by atoms with Gasteiger partial charge in [-0.25, -0.2) is 0 Å². The van der Waals surface area contributed by atoms with E-state index in [2.05, 4.69) is 0 Å². The van der Waals surface area contributed by atoms with Crippen LogP contribution in [0, 0.1) is 0 Å². The fraction of sp³-hybridized carbons (Fsp3) is 0.588. The van der Waals surface area contributed by atoms with Crippen LogP contribution in [0.4, 0.5) is 0 Å². The van der Waals surface area contributed by atoms with Gasteiger partial charge in [-0.1, -0.05) is 30.3 Å². The largest absolute Gasteiger partial charge is 0.364 e. The molecule has 1 aliphatic carbocycles. The SMILES string of the molecule is CC1(C)O[C@H]2O[C@@H]3C(=O)CC[C@]3(OCc3ccccc3)[C@H]2O1. The number of carbonyl (C=O) groups is 1. The van der Waals surface area contributed by atoms with Gasteiger partial charge in [-0.05, 0) is 25.8 Å². The minimum Gasteiger partial charge on any atom is -0.364 e. The molecule has 0 amide bonds. The van der Waals surface area contributed by atoms with Crippen molar-refractivity contribution in [2.45, 2.75) is 63.2 Å². The first-order valence-corrected chi connectivity index (χ1v) is 7.72. The summed E-state index contributed by atoms with van der Waals surface area (Å²) in [5.74, 6) is -0.637. The Hall–Kier alpha value is -1.27. The van der Waals surface area contributed by atoms with Gasteiger partial charge in [0.05, 0.1) is 6.61 Å². The van der Waals surface area contributed by atoms with Crippen LogP contribution < -0.4 is 0 Å². The van der Waals surface area contributed by atoms with Crippen LogP contribution in [0.25, 0.3) is 0 Å². The molecule has 1 saturated carbocycles. The summed E-state index contributed by atoms with van der Waals surface area (Å²) in [7, 11) is 0. The Morgan fingerprint density at radius 1 is 1.23 bits per heavy atom. The molecule has 5 heteroatoms. The Bertz CT molecular complexity index is 584. The third-order valence-corrected chi connectivity index (χ3v) is 4.66. The number of ether oxygens (including phenoxy) is 4. The number of hydrogen-bond acceptors (Lipinski definition) is 5.